The molecule has 33 heavy (non-hydrogen) atoms. The zero-order valence-electron chi connectivity index (χ0n) is 18.5. The molecule has 0 bridgehead atoms. The van der Waals surface area contributed by atoms with Crippen molar-refractivity contribution in [3.63, 3.8) is 0 Å². The number of fused-ring (bicyclic) bond motifs is 1. The molecule has 0 aliphatic rings. The zero-order valence-corrected chi connectivity index (χ0v) is 20.1. The number of nitrogens with zero attached hydrogens (tertiary/aromatic N) is 1. The third-order valence-corrected chi connectivity index (χ3v) is 7.65. The summed E-state index contributed by atoms with van der Waals surface area (Å²) in [5.74, 6) is -1.01. The van der Waals surface area contributed by atoms with Gasteiger partial charge in [-0.25, -0.2) is 17.2 Å². The van der Waals surface area contributed by atoms with Gasteiger partial charge in [0.25, 0.3) is 10.0 Å². The third kappa shape index (κ3) is 4.54. The van der Waals surface area contributed by atoms with Crippen LogP contribution in [0.15, 0.2) is 77.7 Å². The molecular formula is C26H24ClNO4S. The molecule has 0 amide bonds. The maximum Gasteiger partial charge on any atom is 0.335 e. The van der Waals surface area contributed by atoms with E-state index in [4.69, 9.17) is 16.7 Å². The predicted molar refractivity (Wildman–Crippen MR) is 131 cm³/mol. The fourth-order valence-electron chi connectivity index (χ4n) is 3.83. The van der Waals surface area contributed by atoms with Crippen molar-refractivity contribution in [3.05, 3.63) is 100 Å². The van der Waals surface area contributed by atoms with Gasteiger partial charge in [0.15, 0.2) is 0 Å². The molecule has 0 aliphatic carbocycles. The van der Waals surface area contributed by atoms with E-state index in [-0.39, 0.29) is 15.9 Å². The molecule has 1 heterocycles. The molecule has 0 unspecified atom stereocenters. The number of aromatic nitrogens is 1. The van der Waals surface area contributed by atoms with Crippen molar-refractivity contribution in [2.75, 3.05) is 0 Å². The van der Waals surface area contributed by atoms with Gasteiger partial charge in [0.05, 0.1) is 16.0 Å². The van der Waals surface area contributed by atoms with Crippen molar-refractivity contribution in [1.29, 1.82) is 0 Å². The van der Waals surface area contributed by atoms with Crippen molar-refractivity contribution in [1.82, 2.24) is 3.97 Å². The Kier molecular flexibility index (Phi) is 5.85. The van der Waals surface area contributed by atoms with Crippen molar-refractivity contribution < 1.29 is 18.3 Å². The molecule has 5 nitrogen and oxygen atoms in total. The van der Waals surface area contributed by atoms with Crippen LogP contribution in [0.4, 0.5) is 0 Å². The van der Waals surface area contributed by atoms with Crippen LogP contribution in [0.25, 0.3) is 10.9 Å². The predicted octanol–water partition coefficient (Wildman–Crippen LogP) is 6.12. The first-order chi connectivity index (χ1) is 15.5. The molecule has 4 rings (SSSR count). The van der Waals surface area contributed by atoms with Crippen LogP contribution in [0.5, 0.6) is 0 Å². The molecule has 1 N–H and O–H groups in total. The van der Waals surface area contributed by atoms with Crippen LogP contribution in [0, 0.1) is 0 Å². The molecule has 7 heteroatoms. The molecule has 0 saturated carbocycles. The smallest absolute Gasteiger partial charge is 0.335 e. The van der Waals surface area contributed by atoms with E-state index in [1.165, 1.54) is 16.1 Å². The van der Waals surface area contributed by atoms with Gasteiger partial charge in [-0.3, -0.25) is 0 Å². The maximum absolute atomic E-state index is 13.8. The molecule has 1 aromatic heterocycles. The standard InChI is InChI=1S/C26H24ClNO4S/c1-26(2,3)20-8-11-23(12-9-20)33(31,32)28-22(16-19-15-21(27)10-13-24(19)28)14-17-4-6-18(7-5-17)25(29)30/h4-13,15-16H,14H2,1-3H3,(H,29,30). The molecule has 3 aromatic carbocycles. The molecule has 0 saturated heterocycles. The minimum atomic E-state index is -3.89. The van der Waals surface area contributed by atoms with Gasteiger partial charge >= 0.3 is 5.97 Å². The number of carboxylic acid groups (broad SMARTS) is 1. The lowest BCUT2D eigenvalue weighted by molar-refractivity contribution is 0.0697. The third-order valence-electron chi connectivity index (χ3n) is 5.64. The van der Waals surface area contributed by atoms with E-state index >= 15 is 0 Å². The molecule has 4 aromatic rings. The van der Waals surface area contributed by atoms with Crippen LogP contribution < -0.4 is 0 Å². The minimum absolute atomic E-state index is 0.0908. The van der Waals surface area contributed by atoms with Crippen LogP contribution in [0.2, 0.25) is 5.02 Å². The van der Waals surface area contributed by atoms with E-state index < -0.39 is 16.0 Å². The Morgan fingerprint density at radius 1 is 0.939 bits per heavy atom. The fraction of sp³-hybridized carbons (Fsp3) is 0.192. The summed E-state index contributed by atoms with van der Waals surface area (Å²) >= 11 is 6.16. The van der Waals surface area contributed by atoms with Gasteiger partial charge in [0.2, 0.25) is 0 Å². The lowest BCUT2D eigenvalue weighted by atomic mass is 9.87. The van der Waals surface area contributed by atoms with Crippen LogP contribution in [0.1, 0.15) is 48.0 Å². The molecule has 0 atom stereocenters. The quantitative estimate of drug-likeness (QED) is 0.372. The summed E-state index contributed by atoms with van der Waals surface area (Å²) in [6.07, 6.45) is 0.311. The van der Waals surface area contributed by atoms with Gasteiger partial charge < -0.3 is 5.11 Å². The molecular weight excluding hydrogens is 458 g/mol. The molecule has 0 aliphatic heterocycles. The summed E-state index contributed by atoms with van der Waals surface area (Å²) in [5.41, 5.74) is 3.04. The lowest BCUT2D eigenvalue weighted by Crippen LogP contribution is -2.17. The van der Waals surface area contributed by atoms with Crippen LogP contribution in [0.3, 0.4) is 0 Å². The first kappa shape index (κ1) is 23.1. The average Bonchev–Trinajstić information content (AvgIpc) is 3.11. The zero-order chi connectivity index (χ0) is 24.0. The monoisotopic (exact) mass is 481 g/mol. The number of carboxylic acids is 1. The number of carbonyl (C=O) groups is 1. The van der Waals surface area contributed by atoms with Gasteiger partial charge in [-0.05, 0) is 65.1 Å². The second kappa shape index (κ2) is 8.36. The maximum atomic E-state index is 13.8. The van der Waals surface area contributed by atoms with Crippen molar-refractivity contribution in [2.24, 2.45) is 0 Å². The number of hydrogen-bond acceptors (Lipinski definition) is 3. The number of aromatic carboxylic acids is 1. The minimum Gasteiger partial charge on any atom is -0.478 e. The van der Waals surface area contributed by atoms with E-state index in [1.807, 2.05) is 18.2 Å². The molecule has 0 fully saturated rings. The molecule has 0 radical (unpaired) electrons. The highest BCUT2D eigenvalue weighted by atomic mass is 35.5. The van der Waals surface area contributed by atoms with Crippen molar-refractivity contribution in [3.8, 4) is 0 Å². The number of benzene rings is 3. The Morgan fingerprint density at radius 2 is 1.58 bits per heavy atom. The Labute approximate surface area is 198 Å². The highest BCUT2D eigenvalue weighted by Gasteiger charge is 2.24. The highest BCUT2D eigenvalue weighted by molar-refractivity contribution is 7.90. The van der Waals surface area contributed by atoms with Crippen molar-refractivity contribution in [2.45, 2.75) is 37.5 Å². The van der Waals surface area contributed by atoms with Gasteiger partial charge in [0.1, 0.15) is 0 Å². The number of hydrogen-bond donors (Lipinski definition) is 1. The number of rotatable bonds is 5. The largest absolute Gasteiger partial charge is 0.478 e. The summed E-state index contributed by atoms with van der Waals surface area (Å²) in [7, 11) is -3.89. The van der Waals surface area contributed by atoms with Gasteiger partial charge in [-0.15, -0.1) is 0 Å². The van der Waals surface area contributed by atoms with E-state index in [9.17, 15) is 13.2 Å². The van der Waals surface area contributed by atoms with E-state index in [0.29, 0.717) is 22.7 Å². The lowest BCUT2D eigenvalue weighted by Gasteiger charge is -2.19. The van der Waals surface area contributed by atoms with E-state index in [0.717, 1.165) is 16.5 Å². The summed E-state index contributed by atoms with van der Waals surface area (Å²) in [6.45, 7) is 6.23. The Morgan fingerprint density at radius 3 is 2.15 bits per heavy atom. The van der Waals surface area contributed by atoms with Gasteiger partial charge in [-0.2, -0.15) is 0 Å². The summed E-state index contributed by atoms with van der Waals surface area (Å²) in [6, 6.07) is 20.3. The van der Waals surface area contributed by atoms with Crippen LogP contribution >= 0.6 is 11.6 Å². The Balaban J connectivity index is 1.84. The first-order valence-electron chi connectivity index (χ1n) is 10.4. The van der Waals surface area contributed by atoms with Gasteiger partial charge in [-0.1, -0.05) is 56.6 Å². The first-order valence-corrected chi connectivity index (χ1v) is 12.3. The van der Waals surface area contributed by atoms with Crippen LogP contribution in [-0.4, -0.2) is 23.5 Å². The SMILES string of the molecule is CC(C)(C)c1ccc(S(=O)(=O)n2c(Cc3ccc(C(=O)O)cc3)cc3cc(Cl)ccc32)cc1. The fourth-order valence-corrected chi connectivity index (χ4v) is 5.55. The van der Waals surface area contributed by atoms with Crippen molar-refractivity contribution >= 4 is 38.5 Å². The average molecular weight is 482 g/mol. The van der Waals surface area contributed by atoms with E-state index in [2.05, 4.69) is 20.8 Å². The topological polar surface area (TPSA) is 76.4 Å². The Bertz CT molecular complexity index is 1450. The van der Waals surface area contributed by atoms with Gasteiger partial charge in [0, 0.05) is 22.5 Å². The van der Waals surface area contributed by atoms with Crippen LogP contribution in [-0.2, 0) is 21.9 Å². The highest BCUT2D eigenvalue weighted by Crippen LogP contribution is 2.30. The molecule has 170 valence electrons. The Hall–Kier alpha value is -3.09. The molecule has 0 spiro atoms. The second-order valence-corrected chi connectivity index (χ2v) is 11.3. The summed E-state index contributed by atoms with van der Waals surface area (Å²) in [5, 5.41) is 10.4. The second-order valence-electron chi connectivity index (χ2n) is 9.06. The normalized spacial score (nSPS) is 12.2. The summed E-state index contributed by atoms with van der Waals surface area (Å²) in [4.78, 5) is 11.4. The summed E-state index contributed by atoms with van der Waals surface area (Å²) < 4.78 is 28.9. The number of halogens is 1. The van der Waals surface area contributed by atoms with E-state index in [1.54, 1.807) is 42.5 Å².